The third-order valence-electron chi connectivity index (χ3n) is 6.17. The molecular weight excluding hydrogens is 387 g/mol. The highest BCUT2D eigenvalue weighted by Gasteiger charge is 2.49. The van der Waals surface area contributed by atoms with Gasteiger partial charge in [-0.3, -0.25) is 0 Å². The van der Waals surface area contributed by atoms with E-state index in [1.807, 2.05) is 14.2 Å². The lowest BCUT2D eigenvalue weighted by atomic mass is 9.68. The van der Waals surface area contributed by atoms with E-state index in [2.05, 4.69) is 29.5 Å². The maximum absolute atomic E-state index is 5.90. The fraction of sp³-hybridized carbons (Fsp3) is 1.00. The number of hydrogen-bond acceptors (Lipinski definition) is 2. The zero-order chi connectivity index (χ0) is 16.1. The molecular formula is C19H35IO2. The van der Waals surface area contributed by atoms with Crippen molar-refractivity contribution in [2.24, 2.45) is 17.3 Å². The lowest BCUT2D eigenvalue weighted by molar-refractivity contribution is -0.201. The monoisotopic (exact) mass is 422 g/mol. The first-order chi connectivity index (χ1) is 10.5. The van der Waals surface area contributed by atoms with E-state index >= 15 is 0 Å². The van der Waals surface area contributed by atoms with E-state index in [4.69, 9.17) is 9.47 Å². The van der Waals surface area contributed by atoms with Gasteiger partial charge < -0.3 is 9.47 Å². The maximum atomic E-state index is 5.90. The number of methoxy groups -OCH3 is 2. The molecule has 0 heterocycles. The molecule has 0 saturated heterocycles. The molecule has 0 radical (unpaired) electrons. The van der Waals surface area contributed by atoms with Crippen molar-refractivity contribution in [2.75, 3.05) is 14.2 Å². The van der Waals surface area contributed by atoms with Crippen LogP contribution in [0.5, 0.6) is 0 Å². The molecule has 0 aromatic rings. The van der Waals surface area contributed by atoms with Crippen molar-refractivity contribution in [1.82, 2.24) is 0 Å². The highest BCUT2D eigenvalue weighted by molar-refractivity contribution is 14.1. The zero-order valence-electron chi connectivity index (χ0n) is 14.8. The first kappa shape index (κ1) is 19.0. The Kier molecular flexibility index (Phi) is 7.47. The molecule has 0 N–H and O–H groups in total. The van der Waals surface area contributed by atoms with Gasteiger partial charge in [-0.15, -0.1) is 0 Å². The first-order valence-electron chi connectivity index (χ1n) is 9.32. The standard InChI is InChI=1S/C19H35IO2/c1-18(19(20,21-2)22-3,14-16-10-6-4-7-11-16)15-17-12-8-5-9-13-17/h16-17H,4-15H2,1-3H3. The summed E-state index contributed by atoms with van der Waals surface area (Å²) < 4.78 is 11.3. The van der Waals surface area contributed by atoms with Crippen LogP contribution < -0.4 is 0 Å². The average molecular weight is 422 g/mol. The minimum absolute atomic E-state index is 0.112. The molecule has 0 amide bonds. The normalized spacial score (nSPS) is 22.9. The Bertz CT molecular complexity index is 295. The van der Waals surface area contributed by atoms with Gasteiger partial charge in [0.05, 0.1) is 0 Å². The number of alkyl halides is 1. The van der Waals surface area contributed by atoms with Crippen molar-refractivity contribution in [3.63, 3.8) is 0 Å². The molecule has 130 valence electrons. The van der Waals surface area contributed by atoms with Gasteiger partial charge in [-0.25, -0.2) is 0 Å². The molecule has 0 spiro atoms. The molecule has 0 bridgehead atoms. The zero-order valence-corrected chi connectivity index (χ0v) is 17.0. The predicted octanol–water partition coefficient (Wildman–Crippen LogP) is 6.32. The third-order valence-corrected chi connectivity index (χ3v) is 8.36. The van der Waals surface area contributed by atoms with Crippen LogP contribution in [0.1, 0.15) is 84.0 Å². The Morgan fingerprint density at radius 1 is 0.773 bits per heavy atom. The average Bonchev–Trinajstić information content (AvgIpc) is 2.55. The third kappa shape index (κ3) is 4.60. The highest BCUT2D eigenvalue weighted by Crippen LogP contribution is 2.52. The molecule has 2 fully saturated rings. The molecule has 2 saturated carbocycles. The van der Waals surface area contributed by atoms with Crippen LogP contribution in [0.3, 0.4) is 0 Å². The van der Waals surface area contributed by atoms with E-state index in [1.54, 1.807) is 0 Å². The molecule has 22 heavy (non-hydrogen) atoms. The molecule has 2 aliphatic rings. The second-order valence-corrected chi connectivity index (χ2v) is 9.34. The lowest BCUT2D eigenvalue weighted by Gasteiger charge is -2.47. The van der Waals surface area contributed by atoms with Gasteiger partial charge in [-0.05, 0) is 47.3 Å². The Morgan fingerprint density at radius 3 is 1.45 bits per heavy atom. The van der Waals surface area contributed by atoms with Crippen molar-refractivity contribution in [3.8, 4) is 0 Å². The summed E-state index contributed by atoms with van der Waals surface area (Å²) in [6.07, 6.45) is 16.6. The molecule has 0 aromatic heterocycles. The fourth-order valence-corrected chi connectivity index (χ4v) is 5.40. The molecule has 0 unspecified atom stereocenters. The van der Waals surface area contributed by atoms with Crippen LogP contribution in [-0.4, -0.2) is 18.0 Å². The highest BCUT2D eigenvalue weighted by atomic mass is 127. The molecule has 3 heteroatoms. The van der Waals surface area contributed by atoms with Gasteiger partial charge in [-0.2, -0.15) is 0 Å². The van der Waals surface area contributed by atoms with E-state index in [9.17, 15) is 0 Å². The molecule has 0 aromatic carbocycles. The van der Waals surface area contributed by atoms with Crippen LogP contribution in [0.2, 0.25) is 0 Å². The van der Waals surface area contributed by atoms with Crippen molar-refractivity contribution >= 4 is 22.6 Å². The van der Waals surface area contributed by atoms with E-state index in [1.165, 1.54) is 77.0 Å². The molecule has 0 aliphatic heterocycles. The number of ether oxygens (including phenoxy) is 2. The lowest BCUT2D eigenvalue weighted by Crippen LogP contribution is -2.47. The number of hydrogen-bond donors (Lipinski definition) is 0. The van der Waals surface area contributed by atoms with E-state index in [0.29, 0.717) is 0 Å². The summed E-state index contributed by atoms with van der Waals surface area (Å²) in [5, 5.41) is 0. The largest absolute Gasteiger partial charge is 0.345 e. The summed E-state index contributed by atoms with van der Waals surface area (Å²) in [5.74, 6) is 1.73. The van der Waals surface area contributed by atoms with Crippen LogP contribution in [-0.2, 0) is 9.47 Å². The Balaban J connectivity index is 2.10. The van der Waals surface area contributed by atoms with Gasteiger partial charge in [-0.1, -0.05) is 71.1 Å². The van der Waals surface area contributed by atoms with E-state index < -0.39 is 3.79 Å². The van der Waals surface area contributed by atoms with Crippen molar-refractivity contribution in [3.05, 3.63) is 0 Å². The van der Waals surface area contributed by atoms with Crippen LogP contribution in [0.4, 0.5) is 0 Å². The Morgan fingerprint density at radius 2 is 1.14 bits per heavy atom. The van der Waals surface area contributed by atoms with Crippen molar-refractivity contribution in [2.45, 2.75) is 87.8 Å². The second-order valence-electron chi connectivity index (χ2n) is 7.92. The summed E-state index contributed by atoms with van der Waals surface area (Å²) in [5.41, 5.74) is 0.112. The van der Waals surface area contributed by atoms with Crippen LogP contribution >= 0.6 is 22.6 Å². The Hall–Kier alpha value is 0.650. The molecule has 0 atom stereocenters. The summed E-state index contributed by atoms with van der Waals surface area (Å²) in [6, 6.07) is 0. The van der Waals surface area contributed by atoms with E-state index in [-0.39, 0.29) is 5.41 Å². The SMILES string of the molecule is COC(I)(OC)C(C)(CC1CCCCC1)CC1CCCCC1. The molecule has 2 nitrogen and oxygen atoms in total. The van der Waals surface area contributed by atoms with Gasteiger partial charge >= 0.3 is 0 Å². The van der Waals surface area contributed by atoms with Crippen LogP contribution in [0.25, 0.3) is 0 Å². The van der Waals surface area contributed by atoms with Crippen molar-refractivity contribution < 1.29 is 9.47 Å². The topological polar surface area (TPSA) is 18.5 Å². The summed E-state index contributed by atoms with van der Waals surface area (Å²) in [7, 11) is 3.63. The second kappa shape index (κ2) is 8.66. The fourth-order valence-electron chi connectivity index (χ4n) is 4.96. The number of halogens is 1. The maximum Gasteiger partial charge on any atom is 0.226 e. The smallest absolute Gasteiger partial charge is 0.226 e. The molecule has 2 rings (SSSR count). The van der Waals surface area contributed by atoms with Gasteiger partial charge in [0.15, 0.2) is 0 Å². The predicted molar refractivity (Wildman–Crippen MR) is 101 cm³/mol. The summed E-state index contributed by atoms with van der Waals surface area (Å²) in [6.45, 7) is 2.43. The minimum atomic E-state index is -0.486. The van der Waals surface area contributed by atoms with Crippen LogP contribution in [0.15, 0.2) is 0 Å². The van der Waals surface area contributed by atoms with Crippen molar-refractivity contribution in [1.29, 1.82) is 0 Å². The van der Waals surface area contributed by atoms with Gasteiger partial charge in [0.25, 0.3) is 0 Å². The first-order valence-corrected chi connectivity index (χ1v) is 10.4. The molecule has 2 aliphatic carbocycles. The quantitative estimate of drug-likeness (QED) is 0.272. The van der Waals surface area contributed by atoms with Gasteiger partial charge in [0.1, 0.15) is 0 Å². The van der Waals surface area contributed by atoms with Gasteiger partial charge in [0, 0.05) is 19.6 Å². The van der Waals surface area contributed by atoms with Crippen LogP contribution in [0, 0.1) is 17.3 Å². The van der Waals surface area contributed by atoms with Gasteiger partial charge in [0.2, 0.25) is 3.79 Å². The summed E-state index contributed by atoms with van der Waals surface area (Å²) >= 11 is 2.43. The Labute approximate surface area is 151 Å². The summed E-state index contributed by atoms with van der Waals surface area (Å²) in [4.78, 5) is 0. The number of rotatable bonds is 7. The van der Waals surface area contributed by atoms with E-state index in [0.717, 1.165) is 11.8 Å². The minimum Gasteiger partial charge on any atom is -0.345 e.